The number of rotatable bonds is 9. The topological polar surface area (TPSA) is 97.4 Å². The fourth-order valence-electron chi connectivity index (χ4n) is 4.21. The molecule has 2 aromatic rings. The van der Waals surface area contributed by atoms with Gasteiger partial charge < -0.3 is 23.7 Å². The van der Waals surface area contributed by atoms with Gasteiger partial charge in [-0.05, 0) is 42.9 Å². The first-order valence-corrected chi connectivity index (χ1v) is 13.5. The third-order valence-electron chi connectivity index (χ3n) is 5.64. The molecule has 1 aliphatic heterocycles. The number of thioether (sulfide) groups is 1. The van der Waals surface area contributed by atoms with E-state index in [0.29, 0.717) is 18.6 Å². The van der Waals surface area contributed by atoms with Gasteiger partial charge in [-0.3, -0.25) is 14.4 Å². The van der Waals surface area contributed by atoms with Crippen LogP contribution in [0.4, 0.5) is 0 Å². The zero-order valence-electron chi connectivity index (χ0n) is 21.4. The molecule has 0 amide bonds. The van der Waals surface area contributed by atoms with Crippen LogP contribution in [0.2, 0.25) is 0 Å². The van der Waals surface area contributed by atoms with E-state index in [0.717, 1.165) is 16.9 Å². The van der Waals surface area contributed by atoms with E-state index < -0.39 is 46.7 Å². The lowest BCUT2D eigenvalue weighted by molar-refractivity contribution is -0.245. The maximum atomic E-state index is 12.1. The number of halogens is 1. The molecule has 3 rings (SSSR count). The predicted molar refractivity (Wildman–Crippen MR) is 139 cm³/mol. The zero-order valence-corrected chi connectivity index (χ0v) is 23.0. The Hall–Kier alpha value is -2.75. The second kappa shape index (κ2) is 12.7. The summed E-state index contributed by atoms with van der Waals surface area (Å²) in [6.45, 7) is 6.18. The van der Waals surface area contributed by atoms with Crippen LogP contribution in [0.3, 0.4) is 0 Å². The number of hydrogen-bond donors (Lipinski definition) is 0. The summed E-state index contributed by atoms with van der Waals surface area (Å²) < 4.78 is 28.4. The number of carbonyl (C=O) groups excluding carboxylic acids is 3. The van der Waals surface area contributed by atoms with Crippen LogP contribution in [0.25, 0.3) is 0 Å². The van der Waals surface area contributed by atoms with Crippen LogP contribution in [-0.2, 0) is 44.8 Å². The minimum atomic E-state index is -1.73. The molecule has 0 spiro atoms. The number of alkyl halides is 1. The quantitative estimate of drug-likeness (QED) is 0.252. The molecule has 0 saturated carbocycles. The third-order valence-corrected chi connectivity index (χ3v) is 6.99. The molecule has 200 valence electrons. The Balaban J connectivity index is 2.01. The van der Waals surface area contributed by atoms with Crippen molar-refractivity contribution in [2.24, 2.45) is 0 Å². The molecule has 5 atom stereocenters. The summed E-state index contributed by atoms with van der Waals surface area (Å²) in [6, 6.07) is 15.2. The van der Waals surface area contributed by atoms with Crippen molar-refractivity contribution in [1.29, 1.82) is 0 Å². The summed E-state index contributed by atoms with van der Waals surface area (Å²) in [5.74, 6) is -1.12. The summed E-state index contributed by atoms with van der Waals surface area (Å²) in [5, 5.41) is -1.73. The van der Waals surface area contributed by atoms with Crippen molar-refractivity contribution >= 4 is 41.3 Å². The second-order valence-electron chi connectivity index (χ2n) is 8.50. The van der Waals surface area contributed by atoms with E-state index in [4.69, 9.17) is 35.3 Å². The van der Waals surface area contributed by atoms with E-state index in [1.54, 1.807) is 12.3 Å². The lowest BCUT2D eigenvalue weighted by Gasteiger charge is -2.48. The number of esters is 3. The van der Waals surface area contributed by atoms with Gasteiger partial charge >= 0.3 is 17.9 Å². The van der Waals surface area contributed by atoms with Gasteiger partial charge in [0.05, 0.1) is 6.61 Å². The zero-order chi connectivity index (χ0) is 27.2. The molecule has 1 saturated heterocycles. The van der Waals surface area contributed by atoms with Crippen molar-refractivity contribution in [3.8, 4) is 5.75 Å². The molecule has 0 aliphatic carbocycles. The Morgan fingerprint density at radius 3 is 2.11 bits per heavy atom. The highest BCUT2D eigenvalue weighted by Crippen LogP contribution is 2.47. The van der Waals surface area contributed by atoms with Crippen LogP contribution in [0.1, 0.15) is 44.4 Å². The fourth-order valence-corrected chi connectivity index (χ4v) is 5.37. The van der Waals surface area contributed by atoms with Crippen LogP contribution in [0, 0.1) is 0 Å². The molecular weight excluding hydrogens is 520 g/mol. The van der Waals surface area contributed by atoms with Gasteiger partial charge in [-0.1, -0.05) is 48.0 Å². The number of carbonyl (C=O) groups is 3. The number of ether oxygens (including phenoxy) is 5. The molecule has 0 bridgehead atoms. The van der Waals surface area contributed by atoms with Crippen LogP contribution in [0.5, 0.6) is 5.75 Å². The highest BCUT2D eigenvalue weighted by Gasteiger charge is 2.59. The van der Waals surface area contributed by atoms with Gasteiger partial charge in [-0.25, -0.2) is 0 Å². The number of benzene rings is 2. The van der Waals surface area contributed by atoms with Crippen LogP contribution < -0.4 is 4.74 Å². The van der Waals surface area contributed by atoms with E-state index >= 15 is 0 Å². The molecule has 0 N–H and O–H groups in total. The average Bonchev–Trinajstić information content (AvgIpc) is 2.84. The summed E-state index contributed by atoms with van der Waals surface area (Å²) in [6.07, 6.45) is -1.22. The van der Waals surface area contributed by atoms with E-state index in [-0.39, 0.29) is 0 Å². The molecule has 0 aromatic heterocycles. The van der Waals surface area contributed by atoms with E-state index in [9.17, 15) is 14.4 Å². The molecule has 1 fully saturated rings. The minimum absolute atomic E-state index is 0.501. The molecule has 37 heavy (non-hydrogen) atoms. The van der Waals surface area contributed by atoms with Gasteiger partial charge in [-0.2, -0.15) is 0 Å². The lowest BCUT2D eigenvalue weighted by atomic mass is 9.91. The summed E-state index contributed by atoms with van der Waals surface area (Å²) in [4.78, 5) is 36.0. The van der Waals surface area contributed by atoms with Gasteiger partial charge in [0.2, 0.25) is 5.06 Å². The largest absolute Gasteiger partial charge is 0.494 e. The minimum Gasteiger partial charge on any atom is -0.494 e. The van der Waals surface area contributed by atoms with Crippen LogP contribution in [0.15, 0.2) is 48.5 Å². The van der Waals surface area contributed by atoms with Crippen LogP contribution >= 0.6 is 23.4 Å². The molecule has 2 aromatic carbocycles. The standard InChI is InChI=1S/C27H31ClO8S/c1-6-32-22-12-10-19(11-13-22)14-20-8-7-9-21(15-20)27(28)25(35-18(4)31)23(33-16(2)29)24(34-17(3)30)26(36-27)37-5/h7-13,15,23-26H,6,14H2,1-5H3. The normalized spacial score (nSPS) is 25.1. The molecule has 8 nitrogen and oxygen atoms in total. The fraction of sp³-hybridized carbons (Fsp3) is 0.444. The van der Waals surface area contributed by atoms with Gasteiger partial charge in [0.1, 0.15) is 11.2 Å². The molecule has 10 heteroatoms. The van der Waals surface area contributed by atoms with Crippen molar-refractivity contribution in [2.75, 3.05) is 12.9 Å². The smallest absolute Gasteiger partial charge is 0.303 e. The second-order valence-corrected chi connectivity index (χ2v) is 10.00. The monoisotopic (exact) mass is 550 g/mol. The van der Waals surface area contributed by atoms with Gasteiger partial charge in [-0.15, -0.1) is 11.8 Å². The third kappa shape index (κ3) is 7.18. The first-order valence-electron chi connectivity index (χ1n) is 11.8. The van der Waals surface area contributed by atoms with Crippen LogP contribution in [-0.4, -0.2) is 54.5 Å². The Morgan fingerprint density at radius 1 is 0.919 bits per heavy atom. The molecule has 1 heterocycles. The van der Waals surface area contributed by atoms with Gasteiger partial charge in [0, 0.05) is 26.3 Å². The Kier molecular flexibility index (Phi) is 9.87. The molecular formula is C27H31ClO8S. The average molecular weight is 551 g/mol. The first-order chi connectivity index (χ1) is 17.6. The van der Waals surface area contributed by atoms with Gasteiger partial charge in [0.15, 0.2) is 18.3 Å². The van der Waals surface area contributed by atoms with Crippen molar-refractivity contribution in [2.45, 2.75) is 62.9 Å². The summed E-state index contributed by atoms with van der Waals surface area (Å²) in [5.41, 5.74) is 1.67. The van der Waals surface area contributed by atoms with Crippen molar-refractivity contribution in [3.05, 3.63) is 65.2 Å². The van der Waals surface area contributed by atoms with Crippen molar-refractivity contribution in [1.82, 2.24) is 0 Å². The molecule has 5 unspecified atom stereocenters. The lowest BCUT2D eigenvalue weighted by Crippen LogP contribution is -2.63. The highest BCUT2D eigenvalue weighted by molar-refractivity contribution is 7.99. The highest BCUT2D eigenvalue weighted by atomic mass is 35.5. The Bertz CT molecular complexity index is 1110. The van der Waals surface area contributed by atoms with E-state index in [1.807, 2.05) is 49.4 Å². The van der Waals surface area contributed by atoms with Gasteiger partial charge in [0.25, 0.3) is 0 Å². The first kappa shape index (κ1) is 28.8. The summed E-state index contributed by atoms with van der Waals surface area (Å²) >= 11 is 8.36. The number of hydrogen-bond acceptors (Lipinski definition) is 9. The predicted octanol–water partition coefficient (Wildman–Crippen LogP) is 4.58. The molecule has 1 aliphatic rings. The van der Waals surface area contributed by atoms with Crippen molar-refractivity contribution in [3.63, 3.8) is 0 Å². The van der Waals surface area contributed by atoms with E-state index in [1.165, 1.54) is 32.5 Å². The van der Waals surface area contributed by atoms with E-state index in [2.05, 4.69) is 0 Å². The maximum absolute atomic E-state index is 12.1. The Morgan fingerprint density at radius 2 is 1.54 bits per heavy atom. The maximum Gasteiger partial charge on any atom is 0.303 e. The van der Waals surface area contributed by atoms with Crippen molar-refractivity contribution < 1.29 is 38.1 Å². The summed E-state index contributed by atoms with van der Waals surface area (Å²) in [7, 11) is 0. The Labute approximate surface area is 225 Å². The molecule has 0 radical (unpaired) electrons. The SMILES string of the molecule is CCOc1ccc(Cc2cccc(C3(Cl)OC(SC)C(OC(C)=O)C(OC(C)=O)C3OC(C)=O)c2)cc1.